The van der Waals surface area contributed by atoms with Crippen LogP contribution in [0.15, 0.2) is 35.3 Å². The lowest BCUT2D eigenvalue weighted by Crippen LogP contribution is -2.22. The molecule has 0 aromatic heterocycles. The first-order valence-electron chi connectivity index (χ1n) is 13.7. The molecule has 226 valence electrons. The van der Waals surface area contributed by atoms with Crippen LogP contribution < -0.4 is 10.6 Å². The summed E-state index contributed by atoms with van der Waals surface area (Å²) in [6, 6.07) is 9.54. The minimum Gasteiger partial charge on any atom is -0.507 e. The van der Waals surface area contributed by atoms with Gasteiger partial charge in [0.05, 0.1) is 12.1 Å². The molecule has 0 saturated heterocycles. The van der Waals surface area contributed by atoms with Crippen molar-refractivity contribution in [3.8, 4) is 5.75 Å². The second-order valence-electron chi connectivity index (χ2n) is 11.2. The molecule has 3 N–H and O–H groups in total. The van der Waals surface area contributed by atoms with Crippen LogP contribution in [0.1, 0.15) is 73.1 Å². The minimum absolute atomic E-state index is 0. The Hall–Kier alpha value is -2.48. The second kappa shape index (κ2) is 18.1. The highest BCUT2D eigenvalue weighted by Crippen LogP contribution is 2.36. The van der Waals surface area contributed by atoms with Crippen molar-refractivity contribution in [1.29, 1.82) is 0 Å². The molecule has 1 heterocycles. The number of likely N-dealkylation sites (N-methyl/N-ethyl adjacent to an activating group) is 1. The molecule has 0 bridgehead atoms. The van der Waals surface area contributed by atoms with Gasteiger partial charge in [-0.1, -0.05) is 40.2 Å². The molecular weight excluding hydrogens is 547 g/mol. The Balaban J connectivity index is 0.000000724. The van der Waals surface area contributed by atoms with Crippen molar-refractivity contribution in [3.63, 3.8) is 0 Å². The SMILES string of the molecule is CCCCNc1ccc(C(=O)OCCN(C)C)cc1.Cc1cc(C(C)(C)C)c(O)c(C)c1CC1=NCCN1.Cl.Cl. The van der Waals surface area contributed by atoms with E-state index < -0.39 is 0 Å². The number of aryl methyl sites for hydroxylation is 1. The lowest BCUT2D eigenvalue weighted by atomic mass is 9.82. The standard InChI is InChI=1S/C16H24N2O.C15H24N2O2.2ClH/c1-10-8-13(16(3,4)5)15(19)11(2)12(10)9-14-17-6-7-18-14;1-4-5-10-16-14-8-6-13(7-9-14)15(18)19-12-11-17(2)3;;/h8,19H,6-7,9H2,1-5H3,(H,17,18);6-9,16H,4-5,10-12H2,1-3H3;2*1H. The first-order chi connectivity index (χ1) is 17.9. The molecule has 3 rings (SSSR count). The zero-order valence-corrected chi connectivity index (χ0v) is 27.2. The van der Waals surface area contributed by atoms with Gasteiger partial charge in [0.15, 0.2) is 0 Å². The van der Waals surface area contributed by atoms with Crippen molar-refractivity contribution >= 4 is 42.3 Å². The summed E-state index contributed by atoms with van der Waals surface area (Å²) in [4.78, 5) is 18.2. The first-order valence-corrected chi connectivity index (χ1v) is 13.7. The van der Waals surface area contributed by atoms with Crippen molar-refractivity contribution in [3.05, 3.63) is 58.1 Å². The van der Waals surface area contributed by atoms with Gasteiger partial charge < -0.3 is 25.4 Å². The van der Waals surface area contributed by atoms with Crippen LogP contribution in [-0.2, 0) is 16.6 Å². The Bertz CT molecular complexity index is 1080. The highest BCUT2D eigenvalue weighted by atomic mass is 35.5. The summed E-state index contributed by atoms with van der Waals surface area (Å²) in [6.45, 7) is 16.6. The van der Waals surface area contributed by atoms with Gasteiger partial charge in [-0.3, -0.25) is 4.99 Å². The molecule has 0 radical (unpaired) electrons. The Morgan fingerprint density at radius 1 is 1.15 bits per heavy atom. The van der Waals surface area contributed by atoms with Crippen molar-refractivity contribution in [2.75, 3.05) is 52.2 Å². The smallest absolute Gasteiger partial charge is 0.338 e. The van der Waals surface area contributed by atoms with Crippen molar-refractivity contribution in [2.45, 2.75) is 66.2 Å². The first kappa shape index (κ1) is 37.5. The van der Waals surface area contributed by atoms with Gasteiger partial charge in [-0.25, -0.2) is 4.79 Å². The molecule has 0 saturated carbocycles. The van der Waals surface area contributed by atoms with E-state index in [1.165, 1.54) is 17.5 Å². The zero-order chi connectivity index (χ0) is 28.3. The zero-order valence-electron chi connectivity index (χ0n) is 25.5. The number of anilines is 1. The van der Waals surface area contributed by atoms with Gasteiger partial charge >= 0.3 is 5.97 Å². The highest BCUT2D eigenvalue weighted by molar-refractivity contribution is 5.89. The lowest BCUT2D eigenvalue weighted by Gasteiger charge is -2.24. The number of amidine groups is 1. The third-order valence-electron chi connectivity index (χ3n) is 6.55. The molecule has 40 heavy (non-hydrogen) atoms. The number of phenols is 1. The van der Waals surface area contributed by atoms with Crippen LogP contribution in [-0.4, -0.2) is 68.7 Å². The number of carbonyl (C=O) groups is 1. The molecule has 0 atom stereocenters. The largest absolute Gasteiger partial charge is 0.507 e. The molecule has 1 aliphatic rings. The number of aromatic hydroxyl groups is 1. The number of benzene rings is 2. The molecule has 2 aromatic carbocycles. The van der Waals surface area contributed by atoms with Crippen LogP contribution in [0.5, 0.6) is 5.75 Å². The quantitative estimate of drug-likeness (QED) is 0.220. The Morgan fingerprint density at radius 2 is 1.80 bits per heavy atom. The number of carbonyl (C=O) groups excluding carboxylic acids is 1. The lowest BCUT2D eigenvalue weighted by molar-refractivity contribution is 0.0482. The van der Waals surface area contributed by atoms with Gasteiger partial charge in [0, 0.05) is 31.7 Å². The van der Waals surface area contributed by atoms with E-state index in [2.05, 4.69) is 56.3 Å². The number of ether oxygens (including phenoxy) is 1. The van der Waals surface area contributed by atoms with E-state index in [1.807, 2.05) is 38.1 Å². The van der Waals surface area contributed by atoms with Crippen LogP contribution in [0.3, 0.4) is 0 Å². The second-order valence-corrected chi connectivity index (χ2v) is 11.2. The fraction of sp³-hybridized carbons (Fsp3) is 0.548. The number of nitrogens with zero attached hydrogens (tertiary/aromatic N) is 2. The van der Waals surface area contributed by atoms with Crippen molar-refractivity contribution in [2.24, 2.45) is 4.99 Å². The van der Waals surface area contributed by atoms with Crippen LogP contribution in [0.2, 0.25) is 0 Å². The number of rotatable bonds is 10. The van der Waals surface area contributed by atoms with E-state index in [9.17, 15) is 9.90 Å². The number of phenolic OH excluding ortho intramolecular Hbond substituents is 1. The van der Waals surface area contributed by atoms with Crippen molar-refractivity contribution in [1.82, 2.24) is 10.2 Å². The summed E-state index contributed by atoms with van der Waals surface area (Å²) in [5.41, 5.74) is 6.03. The van der Waals surface area contributed by atoms with Crippen molar-refractivity contribution < 1.29 is 14.6 Å². The number of hydrogen-bond donors (Lipinski definition) is 3. The molecule has 0 amide bonds. The van der Waals surface area contributed by atoms with E-state index in [0.717, 1.165) is 61.7 Å². The summed E-state index contributed by atoms with van der Waals surface area (Å²) >= 11 is 0. The third-order valence-corrected chi connectivity index (χ3v) is 6.55. The molecular formula is C31H50Cl2N4O3. The van der Waals surface area contributed by atoms with Crippen LogP contribution in [0, 0.1) is 13.8 Å². The van der Waals surface area contributed by atoms with Gasteiger partial charge in [0.2, 0.25) is 0 Å². The van der Waals surface area contributed by atoms with E-state index in [1.54, 1.807) is 12.1 Å². The Labute approximate surface area is 254 Å². The number of halogens is 2. The average Bonchev–Trinajstić information content (AvgIpc) is 3.37. The molecule has 9 heteroatoms. The summed E-state index contributed by atoms with van der Waals surface area (Å²) in [5, 5.41) is 17.1. The highest BCUT2D eigenvalue weighted by Gasteiger charge is 2.22. The number of hydrogen-bond acceptors (Lipinski definition) is 7. The molecule has 0 aliphatic carbocycles. The predicted molar refractivity (Wildman–Crippen MR) is 173 cm³/mol. The van der Waals surface area contributed by atoms with E-state index in [-0.39, 0.29) is 36.2 Å². The van der Waals surface area contributed by atoms with E-state index in [0.29, 0.717) is 17.9 Å². The average molecular weight is 598 g/mol. The number of nitrogens with one attached hydrogen (secondary N) is 2. The van der Waals surface area contributed by atoms with Crippen LogP contribution >= 0.6 is 24.8 Å². The van der Waals surface area contributed by atoms with Gasteiger partial charge in [-0.2, -0.15) is 0 Å². The molecule has 0 unspecified atom stereocenters. The molecule has 0 spiro atoms. The van der Waals surface area contributed by atoms with Crippen LogP contribution in [0.4, 0.5) is 5.69 Å². The summed E-state index contributed by atoms with van der Waals surface area (Å²) in [6.07, 6.45) is 3.10. The van der Waals surface area contributed by atoms with Crippen LogP contribution in [0.25, 0.3) is 0 Å². The van der Waals surface area contributed by atoms with Gasteiger partial charge in [0.1, 0.15) is 18.2 Å². The molecule has 0 fully saturated rings. The van der Waals surface area contributed by atoms with E-state index >= 15 is 0 Å². The van der Waals surface area contributed by atoms with Gasteiger partial charge in [-0.15, -0.1) is 24.8 Å². The number of esters is 1. The summed E-state index contributed by atoms with van der Waals surface area (Å²) in [5.74, 6) is 1.21. The monoisotopic (exact) mass is 596 g/mol. The number of aliphatic imine (C=N–C) groups is 1. The van der Waals surface area contributed by atoms with E-state index in [4.69, 9.17) is 4.74 Å². The maximum Gasteiger partial charge on any atom is 0.338 e. The molecule has 2 aromatic rings. The fourth-order valence-corrected chi connectivity index (χ4v) is 4.13. The normalized spacial score (nSPS) is 12.3. The Kier molecular flexibility index (Phi) is 16.9. The van der Waals surface area contributed by atoms with Gasteiger partial charge in [0.25, 0.3) is 0 Å². The minimum atomic E-state index is -0.262. The fourth-order valence-electron chi connectivity index (χ4n) is 4.13. The molecule has 1 aliphatic heterocycles. The Morgan fingerprint density at radius 3 is 2.33 bits per heavy atom. The van der Waals surface area contributed by atoms with Gasteiger partial charge in [-0.05, 0) is 86.3 Å². The third kappa shape index (κ3) is 11.9. The topological polar surface area (TPSA) is 86.2 Å². The summed E-state index contributed by atoms with van der Waals surface area (Å²) in [7, 11) is 3.90. The molecule has 7 nitrogen and oxygen atoms in total. The maximum absolute atomic E-state index is 11.7. The number of unbranched alkanes of at least 4 members (excludes halogenated alkanes) is 1. The summed E-state index contributed by atoms with van der Waals surface area (Å²) < 4.78 is 5.18. The maximum atomic E-state index is 11.7. The predicted octanol–water partition coefficient (Wildman–Crippen LogP) is 6.31.